The summed E-state index contributed by atoms with van der Waals surface area (Å²) in [6.45, 7) is 1.22. The van der Waals surface area contributed by atoms with Crippen molar-refractivity contribution in [2.24, 2.45) is 0 Å². The molecule has 1 N–H and O–H groups in total. The molecule has 0 amide bonds. The largest absolute Gasteiger partial charge is 0.493 e. The lowest BCUT2D eigenvalue weighted by Gasteiger charge is -2.27. The summed E-state index contributed by atoms with van der Waals surface area (Å²) in [5.74, 6) is 0.226. The van der Waals surface area contributed by atoms with Crippen LogP contribution in [-0.2, 0) is 6.54 Å². The number of halogens is 2. The van der Waals surface area contributed by atoms with E-state index in [0.717, 1.165) is 23.3 Å². The average molecular weight is 275 g/mol. The SMILES string of the molecule is Fc1ccc(CNC2CCOc3ccc(F)cc32)cc1. The minimum atomic E-state index is -0.261. The standard InChI is InChI=1S/C16H15F2NO/c17-12-3-1-11(2-4-12)10-19-15-7-8-20-16-6-5-13(18)9-14(15)16/h1-6,9,15,19H,7-8,10H2. The normalized spacial score (nSPS) is 17.4. The van der Waals surface area contributed by atoms with Crippen LogP contribution in [0.4, 0.5) is 8.78 Å². The Morgan fingerprint density at radius 2 is 1.80 bits per heavy atom. The fourth-order valence-electron chi connectivity index (χ4n) is 2.42. The molecule has 0 saturated heterocycles. The highest BCUT2D eigenvalue weighted by molar-refractivity contribution is 5.38. The number of fused-ring (bicyclic) bond motifs is 1. The van der Waals surface area contributed by atoms with Crippen LogP contribution in [0.2, 0.25) is 0 Å². The third-order valence-electron chi connectivity index (χ3n) is 3.48. The quantitative estimate of drug-likeness (QED) is 0.924. The Kier molecular flexibility index (Phi) is 3.65. The van der Waals surface area contributed by atoms with Gasteiger partial charge in [-0.2, -0.15) is 0 Å². The van der Waals surface area contributed by atoms with Crippen LogP contribution in [0.25, 0.3) is 0 Å². The molecule has 0 aromatic heterocycles. The van der Waals surface area contributed by atoms with Crippen molar-refractivity contribution in [2.45, 2.75) is 19.0 Å². The van der Waals surface area contributed by atoms with Crippen molar-refractivity contribution in [3.05, 3.63) is 65.2 Å². The molecule has 4 heteroatoms. The van der Waals surface area contributed by atoms with E-state index in [-0.39, 0.29) is 17.7 Å². The van der Waals surface area contributed by atoms with Crippen molar-refractivity contribution in [3.63, 3.8) is 0 Å². The molecular weight excluding hydrogens is 260 g/mol. The Bertz CT molecular complexity index is 598. The van der Waals surface area contributed by atoms with Crippen LogP contribution >= 0.6 is 0 Å². The number of hydrogen-bond donors (Lipinski definition) is 1. The van der Waals surface area contributed by atoms with Crippen LogP contribution < -0.4 is 10.1 Å². The van der Waals surface area contributed by atoms with Crippen LogP contribution in [0.1, 0.15) is 23.6 Å². The molecule has 2 nitrogen and oxygen atoms in total. The molecule has 0 bridgehead atoms. The summed E-state index contributed by atoms with van der Waals surface area (Å²) in [4.78, 5) is 0. The zero-order valence-electron chi connectivity index (χ0n) is 10.9. The summed E-state index contributed by atoms with van der Waals surface area (Å²) in [6.07, 6.45) is 0.789. The number of hydrogen-bond acceptors (Lipinski definition) is 2. The first-order valence-electron chi connectivity index (χ1n) is 6.62. The second kappa shape index (κ2) is 5.59. The maximum Gasteiger partial charge on any atom is 0.124 e. The minimum Gasteiger partial charge on any atom is -0.493 e. The molecule has 1 heterocycles. The molecule has 1 aliphatic heterocycles. The maximum atomic E-state index is 13.4. The van der Waals surface area contributed by atoms with Crippen molar-refractivity contribution in [1.82, 2.24) is 5.32 Å². The van der Waals surface area contributed by atoms with Gasteiger partial charge in [-0.25, -0.2) is 8.78 Å². The molecule has 20 heavy (non-hydrogen) atoms. The van der Waals surface area contributed by atoms with Crippen LogP contribution in [-0.4, -0.2) is 6.61 Å². The van der Waals surface area contributed by atoms with Crippen LogP contribution in [0, 0.1) is 11.6 Å². The zero-order valence-corrected chi connectivity index (χ0v) is 10.9. The van der Waals surface area contributed by atoms with E-state index < -0.39 is 0 Å². The lowest BCUT2D eigenvalue weighted by molar-refractivity contribution is 0.251. The molecule has 0 radical (unpaired) electrons. The van der Waals surface area contributed by atoms with Gasteiger partial charge in [0.15, 0.2) is 0 Å². The Balaban J connectivity index is 1.73. The first-order chi connectivity index (χ1) is 9.72. The zero-order chi connectivity index (χ0) is 13.9. The van der Waals surface area contributed by atoms with E-state index in [9.17, 15) is 8.78 Å². The van der Waals surface area contributed by atoms with Crippen molar-refractivity contribution < 1.29 is 13.5 Å². The van der Waals surface area contributed by atoms with E-state index >= 15 is 0 Å². The number of nitrogens with one attached hydrogen (secondary N) is 1. The minimum absolute atomic E-state index is 0.0551. The summed E-state index contributed by atoms with van der Waals surface area (Å²) in [5, 5.41) is 3.37. The maximum absolute atomic E-state index is 13.4. The van der Waals surface area contributed by atoms with Crippen molar-refractivity contribution in [2.75, 3.05) is 6.61 Å². The van der Waals surface area contributed by atoms with Gasteiger partial charge in [-0.15, -0.1) is 0 Å². The molecule has 2 aromatic rings. The van der Waals surface area contributed by atoms with Gasteiger partial charge in [0.05, 0.1) is 6.61 Å². The summed E-state index contributed by atoms with van der Waals surface area (Å²) in [7, 11) is 0. The van der Waals surface area contributed by atoms with Crippen LogP contribution in [0.5, 0.6) is 5.75 Å². The molecule has 0 spiro atoms. The highest BCUT2D eigenvalue weighted by Crippen LogP contribution is 2.32. The third kappa shape index (κ3) is 2.80. The van der Waals surface area contributed by atoms with Gasteiger partial charge in [-0.05, 0) is 35.9 Å². The topological polar surface area (TPSA) is 21.3 Å². The van der Waals surface area contributed by atoms with E-state index in [2.05, 4.69) is 5.32 Å². The van der Waals surface area contributed by atoms with Gasteiger partial charge in [-0.1, -0.05) is 12.1 Å². The second-order valence-corrected chi connectivity index (χ2v) is 4.88. The van der Waals surface area contributed by atoms with Crippen molar-refractivity contribution >= 4 is 0 Å². The van der Waals surface area contributed by atoms with Crippen LogP contribution in [0.3, 0.4) is 0 Å². The number of benzene rings is 2. The number of ether oxygens (including phenoxy) is 1. The molecule has 0 saturated carbocycles. The lowest BCUT2D eigenvalue weighted by atomic mass is 10.00. The Morgan fingerprint density at radius 1 is 1.05 bits per heavy atom. The Labute approximate surface area is 116 Å². The molecule has 0 aliphatic carbocycles. The first-order valence-corrected chi connectivity index (χ1v) is 6.62. The monoisotopic (exact) mass is 275 g/mol. The van der Waals surface area contributed by atoms with E-state index in [0.29, 0.717) is 13.2 Å². The molecule has 3 rings (SSSR count). The molecule has 1 unspecified atom stereocenters. The average Bonchev–Trinajstić information content (AvgIpc) is 2.47. The molecule has 104 valence electrons. The van der Waals surface area contributed by atoms with Gasteiger partial charge in [-0.3, -0.25) is 0 Å². The molecule has 1 atom stereocenters. The summed E-state index contributed by atoms with van der Waals surface area (Å²) >= 11 is 0. The van der Waals surface area contributed by atoms with Crippen LogP contribution in [0.15, 0.2) is 42.5 Å². The van der Waals surface area contributed by atoms with E-state index in [1.54, 1.807) is 18.2 Å². The van der Waals surface area contributed by atoms with E-state index in [1.165, 1.54) is 24.3 Å². The van der Waals surface area contributed by atoms with Crippen molar-refractivity contribution in [1.29, 1.82) is 0 Å². The van der Waals surface area contributed by atoms with Gasteiger partial charge >= 0.3 is 0 Å². The Hall–Kier alpha value is -1.94. The van der Waals surface area contributed by atoms with E-state index in [4.69, 9.17) is 4.74 Å². The highest BCUT2D eigenvalue weighted by atomic mass is 19.1. The van der Waals surface area contributed by atoms with Gasteiger partial charge in [0.25, 0.3) is 0 Å². The number of rotatable bonds is 3. The lowest BCUT2D eigenvalue weighted by Crippen LogP contribution is -2.26. The Morgan fingerprint density at radius 3 is 2.60 bits per heavy atom. The van der Waals surface area contributed by atoms with Gasteiger partial charge < -0.3 is 10.1 Å². The highest BCUT2D eigenvalue weighted by Gasteiger charge is 2.21. The van der Waals surface area contributed by atoms with Crippen molar-refractivity contribution in [3.8, 4) is 5.75 Å². The van der Waals surface area contributed by atoms with Gasteiger partial charge in [0.1, 0.15) is 17.4 Å². The predicted molar refractivity (Wildman–Crippen MR) is 72.5 cm³/mol. The smallest absolute Gasteiger partial charge is 0.124 e. The fourth-order valence-corrected chi connectivity index (χ4v) is 2.42. The summed E-state index contributed by atoms with van der Waals surface area (Å²) < 4.78 is 31.7. The molecule has 2 aromatic carbocycles. The summed E-state index contributed by atoms with van der Waals surface area (Å²) in [5.41, 5.74) is 1.84. The molecular formula is C16H15F2NO. The molecule has 0 fully saturated rings. The predicted octanol–water partition coefficient (Wildman–Crippen LogP) is 3.58. The fraction of sp³-hybridized carbons (Fsp3) is 0.250. The first kappa shape index (κ1) is 13.1. The van der Waals surface area contributed by atoms with E-state index in [1.807, 2.05) is 0 Å². The summed E-state index contributed by atoms with van der Waals surface area (Å²) in [6, 6.07) is 11.0. The van der Waals surface area contributed by atoms with Gasteiger partial charge in [0.2, 0.25) is 0 Å². The third-order valence-corrected chi connectivity index (χ3v) is 3.48. The van der Waals surface area contributed by atoms with Gasteiger partial charge in [0, 0.05) is 24.6 Å². The molecule has 1 aliphatic rings. The second-order valence-electron chi connectivity index (χ2n) is 4.88.